The molecule has 1 aliphatic rings. The number of H-pyrrole nitrogens is 1. The number of carbonyl (C=O) groups is 1. The van der Waals surface area contributed by atoms with Crippen LogP contribution in [0.4, 0.5) is 0 Å². The third kappa shape index (κ3) is 4.92. The molecule has 5 rings (SSSR count). The quantitative estimate of drug-likeness (QED) is 0.270. The van der Waals surface area contributed by atoms with Crippen molar-refractivity contribution in [3.05, 3.63) is 99.7 Å². The zero-order valence-corrected chi connectivity index (χ0v) is 21.5. The summed E-state index contributed by atoms with van der Waals surface area (Å²) in [6.45, 7) is 3.29. The lowest BCUT2D eigenvalue weighted by atomic mass is 9.95. The van der Waals surface area contributed by atoms with E-state index in [1.807, 2.05) is 66.4 Å². The monoisotopic (exact) mass is 517 g/mol. The molecule has 0 fully saturated rings. The normalized spacial score (nSPS) is 14.7. The molecule has 0 aliphatic carbocycles. The van der Waals surface area contributed by atoms with Crippen molar-refractivity contribution < 1.29 is 19.4 Å². The SMILES string of the molecule is COCCCN1C(=O)c2[nH]nc(-c3cc(Cl)c(C)cc3O)c2C1c1cccc(OCc2ccccc2)c1. The van der Waals surface area contributed by atoms with Crippen molar-refractivity contribution in [2.45, 2.75) is 26.0 Å². The molecular formula is C29H28ClN3O4. The van der Waals surface area contributed by atoms with E-state index in [2.05, 4.69) is 10.2 Å². The summed E-state index contributed by atoms with van der Waals surface area (Å²) >= 11 is 6.40. The standard InChI is InChI=1S/C29H28ClN3O4/c1-18-14-24(34)22(16-23(18)30)26-25-27(32-31-26)29(35)33(12-7-13-36-2)28(25)20-10-6-11-21(15-20)37-17-19-8-4-3-5-9-19/h3-6,8-11,14-16,28,34H,7,12-13,17H2,1-2H3,(H,31,32). The van der Waals surface area contributed by atoms with Gasteiger partial charge in [0.1, 0.15) is 29.5 Å². The van der Waals surface area contributed by atoms with Crippen molar-refractivity contribution in [3.63, 3.8) is 0 Å². The van der Waals surface area contributed by atoms with Crippen LogP contribution in [-0.4, -0.2) is 46.4 Å². The second kappa shape index (κ2) is 10.7. The van der Waals surface area contributed by atoms with Crippen LogP contribution in [0.15, 0.2) is 66.7 Å². The van der Waals surface area contributed by atoms with Crippen LogP contribution in [-0.2, 0) is 11.3 Å². The topological polar surface area (TPSA) is 87.7 Å². The fraction of sp³-hybridized carbons (Fsp3) is 0.241. The maximum absolute atomic E-state index is 13.5. The summed E-state index contributed by atoms with van der Waals surface area (Å²) in [4.78, 5) is 15.3. The molecule has 2 N–H and O–H groups in total. The average Bonchev–Trinajstić information content (AvgIpc) is 3.45. The number of aromatic amines is 1. The number of aromatic nitrogens is 2. The molecule has 190 valence electrons. The minimum Gasteiger partial charge on any atom is -0.507 e. The van der Waals surface area contributed by atoms with Crippen molar-refractivity contribution in [2.24, 2.45) is 0 Å². The van der Waals surface area contributed by atoms with Gasteiger partial charge in [-0.3, -0.25) is 9.89 Å². The number of aromatic hydroxyl groups is 1. The molecule has 0 spiro atoms. The summed E-state index contributed by atoms with van der Waals surface area (Å²) in [7, 11) is 1.64. The third-order valence-electron chi connectivity index (χ3n) is 6.57. The van der Waals surface area contributed by atoms with Gasteiger partial charge in [-0.1, -0.05) is 54.1 Å². The number of ether oxygens (including phenoxy) is 2. The van der Waals surface area contributed by atoms with Gasteiger partial charge in [0.25, 0.3) is 5.91 Å². The number of aryl methyl sites for hydroxylation is 1. The summed E-state index contributed by atoms with van der Waals surface area (Å²) in [5.74, 6) is 0.605. The predicted molar refractivity (Wildman–Crippen MR) is 142 cm³/mol. The van der Waals surface area contributed by atoms with E-state index < -0.39 is 6.04 Å². The minimum atomic E-state index is -0.423. The molecule has 1 atom stereocenters. The Morgan fingerprint density at radius 3 is 2.70 bits per heavy atom. The molecule has 0 radical (unpaired) electrons. The highest BCUT2D eigenvalue weighted by Crippen LogP contribution is 2.45. The number of rotatable bonds is 9. The Morgan fingerprint density at radius 1 is 1.11 bits per heavy atom. The molecular weight excluding hydrogens is 490 g/mol. The summed E-state index contributed by atoms with van der Waals surface area (Å²) in [6.07, 6.45) is 0.678. The van der Waals surface area contributed by atoms with Crippen LogP contribution in [0.1, 0.15) is 45.2 Å². The Kier molecular flexibility index (Phi) is 7.17. The number of benzene rings is 3. The highest BCUT2D eigenvalue weighted by Gasteiger charge is 2.42. The lowest BCUT2D eigenvalue weighted by Crippen LogP contribution is -2.31. The number of methoxy groups -OCH3 is 1. The van der Waals surface area contributed by atoms with E-state index >= 15 is 0 Å². The molecule has 4 aromatic rings. The van der Waals surface area contributed by atoms with E-state index in [1.165, 1.54) is 0 Å². The molecule has 2 heterocycles. The van der Waals surface area contributed by atoms with Crippen LogP contribution in [0.3, 0.4) is 0 Å². The van der Waals surface area contributed by atoms with Crippen LogP contribution in [0.2, 0.25) is 5.02 Å². The largest absolute Gasteiger partial charge is 0.507 e. The molecule has 3 aromatic carbocycles. The number of hydrogen-bond acceptors (Lipinski definition) is 5. The van der Waals surface area contributed by atoms with Gasteiger partial charge in [-0.25, -0.2) is 0 Å². The first-order valence-corrected chi connectivity index (χ1v) is 12.5. The molecule has 1 aromatic heterocycles. The summed E-state index contributed by atoms with van der Waals surface area (Å²) in [5, 5.41) is 18.6. The molecule has 7 nitrogen and oxygen atoms in total. The number of hydrogen-bond donors (Lipinski definition) is 2. The van der Waals surface area contributed by atoms with E-state index in [0.29, 0.717) is 59.5 Å². The molecule has 1 aliphatic heterocycles. The van der Waals surface area contributed by atoms with Crippen LogP contribution < -0.4 is 4.74 Å². The molecule has 1 unspecified atom stereocenters. The van der Waals surface area contributed by atoms with Crippen molar-refractivity contribution in [1.29, 1.82) is 0 Å². The second-order valence-corrected chi connectivity index (χ2v) is 9.48. The number of phenolic OH excluding ortho intramolecular Hbond substituents is 1. The second-order valence-electron chi connectivity index (χ2n) is 9.07. The Morgan fingerprint density at radius 2 is 1.92 bits per heavy atom. The van der Waals surface area contributed by atoms with Crippen molar-refractivity contribution >= 4 is 17.5 Å². The fourth-order valence-electron chi connectivity index (χ4n) is 4.73. The summed E-state index contributed by atoms with van der Waals surface area (Å²) < 4.78 is 11.3. The van der Waals surface area contributed by atoms with Gasteiger partial charge in [0.2, 0.25) is 0 Å². The van der Waals surface area contributed by atoms with E-state index in [4.69, 9.17) is 21.1 Å². The van der Waals surface area contributed by atoms with Gasteiger partial charge in [-0.2, -0.15) is 5.10 Å². The van der Waals surface area contributed by atoms with E-state index in [9.17, 15) is 9.90 Å². The van der Waals surface area contributed by atoms with Gasteiger partial charge in [0.15, 0.2) is 0 Å². The van der Waals surface area contributed by atoms with Gasteiger partial charge >= 0.3 is 0 Å². The van der Waals surface area contributed by atoms with E-state index in [-0.39, 0.29) is 11.7 Å². The number of phenols is 1. The molecule has 37 heavy (non-hydrogen) atoms. The number of fused-ring (bicyclic) bond motifs is 1. The first-order valence-electron chi connectivity index (χ1n) is 12.1. The minimum absolute atomic E-state index is 0.0557. The third-order valence-corrected chi connectivity index (χ3v) is 6.97. The number of nitrogens with one attached hydrogen (secondary N) is 1. The van der Waals surface area contributed by atoms with Crippen molar-refractivity contribution in [2.75, 3.05) is 20.3 Å². The van der Waals surface area contributed by atoms with Gasteiger partial charge in [0.05, 0.1) is 6.04 Å². The maximum Gasteiger partial charge on any atom is 0.273 e. The summed E-state index contributed by atoms with van der Waals surface area (Å²) in [6, 6.07) is 20.6. The first kappa shape index (κ1) is 24.9. The van der Waals surface area contributed by atoms with Gasteiger partial charge in [-0.05, 0) is 54.3 Å². The molecule has 0 bridgehead atoms. The van der Waals surface area contributed by atoms with Crippen molar-refractivity contribution in [3.8, 4) is 22.8 Å². The van der Waals surface area contributed by atoms with Crippen LogP contribution in [0.5, 0.6) is 11.5 Å². The smallest absolute Gasteiger partial charge is 0.273 e. The fourth-order valence-corrected chi connectivity index (χ4v) is 4.89. The summed E-state index contributed by atoms with van der Waals surface area (Å²) in [5.41, 5.74) is 4.79. The number of halogens is 1. The van der Waals surface area contributed by atoms with Gasteiger partial charge < -0.3 is 19.5 Å². The number of nitrogens with zero attached hydrogens (tertiary/aromatic N) is 2. The number of amides is 1. The Bertz CT molecular complexity index is 1420. The first-order chi connectivity index (χ1) is 18.0. The van der Waals surface area contributed by atoms with Crippen molar-refractivity contribution in [1.82, 2.24) is 15.1 Å². The average molecular weight is 518 g/mol. The zero-order chi connectivity index (χ0) is 25.9. The number of carbonyl (C=O) groups excluding carboxylic acids is 1. The Labute approximate surface area is 220 Å². The van der Waals surface area contributed by atoms with Crippen LogP contribution in [0, 0.1) is 6.92 Å². The highest BCUT2D eigenvalue weighted by molar-refractivity contribution is 6.31. The molecule has 8 heteroatoms. The highest BCUT2D eigenvalue weighted by atomic mass is 35.5. The Hall–Kier alpha value is -3.81. The lowest BCUT2D eigenvalue weighted by Gasteiger charge is -2.26. The van der Waals surface area contributed by atoms with Gasteiger partial charge in [-0.15, -0.1) is 0 Å². The van der Waals surface area contributed by atoms with E-state index in [1.54, 1.807) is 19.2 Å². The van der Waals surface area contributed by atoms with Crippen LogP contribution >= 0.6 is 11.6 Å². The predicted octanol–water partition coefficient (Wildman–Crippen LogP) is 5.90. The van der Waals surface area contributed by atoms with Crippen LogP contribution in [0.25, 0.3) is 11.3 Å². The molecule has 1 amide bonds. The Balaban J connectivity index is 1.55. The molecule has 0 saturated carbocycles. The maximum atomic E-state index is 13.5. The molecule has 0 saturated heterocycles. The lowest BCUT2D eigenvalue weighted by molar-refractivity contribution is 0.0723. The van der Waals surface area contributed by atoms with E-state index in [0.717, 1.165) is 16.7 Å². The zero-order valence-electron chi connectivity index (χ0n) is 20.7. The van der Waals surface area contributed by atoms with Gasteiger partial charge in [0, 0.05) is 36.4 Å².